The van der Waals surface area contributed by atoms with Gasteiger partial charge < -0.3 is 5.32 Å². The van der Waals surface area contributed by atoms with Gasteiger partial charge in [-0.05, 0) is 36.4 Å². The number of benzene rings is 1. The Balaban J connectivity index is 1.94. The van der Waals surface area contributed by atoms with Gasteiger partial charge in [0.1, 0.15) is 0 Å². The molecule has 0 fully saturated rings. The normalized spacial score (nSPS) is 10.5. The molecule has 0 spiro atoms. The largest absolute Gasteiger partial charge is 0.319 e. The van der Waals surface area contributed by atoms with Gasteiger partial charge in [-0.15, -0.1) is 0 Å². The minimum Gasteiger partial charge on any atom is -0.319 e. The van der Waals surface area contributed by atoms with Crippen molar-refractivity contribution in [3.63, 3.8) is 0 Å². The lowest BCUT2D eigenvalue weighted by atomic mass is 10.2. The first kappa shape index (κ1) is 14.6. The SMILES string of the molecule is O=C(Nc1cccnc1-n1cccn1)c1cc(Cl)ccc1Cl. The third kappa shape index (κ3) is 2.95. The molecule has 3 aromatic rings. The molecule has 0 atom stereocenters. The predicted molar refractivity (Wildman–Crippen MR) is 85.8 cm³/mol. The van der Waals surface area contributed by atoms with Crippen LogP contribution in [-0.2, 0) is 0 Å². The first-order valence-electron chi connectivity index (χ1n) is 6.36. The van der Waals surface area contributed by atoms with Gasteiger partial charge in [0.25, 0.3) is 5.91 Å². The number of anilines is 1. The van der Waals surface area contributed by atoms with Gasteiger partial charge >= 0.3 is 0 Å². The quantitative estimate of drug-likeness (QED) is 0.792. The van der Waals surface area contributed by atoms with Gasteiger partial charge in [-0.1, -0.05) is 23.2 Å². The van der Waals surface area contributed by atoms with Crippen LogP contribution < -0.4 is 5.32 Å². The van der Waals surface area contributed by atoms with E-state index in [9.17, 15) is 4.79 Å². The summed E-state index contributed by atoms with van der Waals surface area (Å²) in [5.74, 6) is 0.146. The van der Waals surface area contributed by atoms with E-state index in [1.807, 2.05) is 0 Å². The maximum Gasteiger partial charge on any atom is 0.257 e. The van der Waals surface area contributed by atoms with Crippen LogP contribution in [0.5, 0.6) is 0 Å². The molecule has 7 heteroatoms. The Labute approximate surface area is 136 Å². The van der Waals surface area contributed by atoms with Crippen molar-refractivity contribution >= 4 is 34.8 Å². The molecule has 2 aromatic heterocycles. The van der Waals surface area contributed by atoms with Crippen molar-refractivity contribution in [2.24, 2.45) is 0 Å². The van der Waals surface area contributed by atoms with Gasteiger partial charge in [0.05, 0.1) is 16.3 Å². The van der Waals surface area contributed by atoms with Crippen LogP contribution in [-0.4, -0.2) is 20.7 Å². The third-order valence-corrected chi connectivity index (χ3v) is 3.49. The lowest BCUT2D eigenvalue weighted by Gasteiger charge is -2.11. The topological polar surface area (TPSA) is 59.8 Å². The monoisotopic (exact) mass is 332 g/mol. The minimum absolute atomic E-state index is 0.296. The summed E-state index contributed by atoms with van der Waals surface area (Å²) in [5, 5.41) is 7.66. The lowest BCUT2D eigenvalue weighted by Crippen LogP contribution is -2.15. The van der Waals surface area contributed by atoms with E-state index in [1.165, 1.54) is 6.07 Å². The molecule has 0 saturated heterocycles. The minimum atomic E-state index is -0.367. The van der Waals surface area contributed by atoms with Crippen LogP contribution in [0.25, 0.3) is 5.82 Å². The number of hydrogen-bond acceptors (Lipinski definition) is 3. The highest BCUT2D eigenvalue weighted by Crippen LogP contribution is 2.23. The summed E-state index contributed by atoms with van der Waals surface area (Å²) in [6.45, 7) is 0. The Kier molecular flexibility index (Phi) is 4.09. The van der Waals surface area contributed by atoms with E-state index in [2.05, 4.69) is 15.4 Å². The molecule has 0 radical (unpaired) electrons. The van der Waals surface area contributed by atoms with E-state index >= 15 is 0 Å². The van der Waals surface area contributed by atoms with E-state index in [1.54, 1.807) is 53.6 Å². The number of nitrogens with one attached hydrogen (secondary N) is 1. The number of halogens is 2. The van der Waals surface area contributed by atoms with Crippen LogP contribution in [0.4, 0.5) is 5.69 Å². The summed E-state index contributed by atoms with van der Waals surface area (Å²) in [4.78, 5) is 16.6. The first-order chi connectivity index (χ1) is 10.6. The van der Waals surface area contributed by atoms with E-state index < -0.39 is 0 Å². The number of amides is 1. The average molecular weight is 333 g/mol. The van der Waals surface area contributed by atoms with Gasteiger partial charge in [-0.25, -0.2) is 9.67 Å². The lowest BCUT2D eigenvalue weighted by molar-refractivity contribution is 0.102. The second-order valence-electron chi connectivity index (χ2n) is 4.40. The van der Waals surface area contributed by atoms with Crippen molar-refractivity contribution in [3.05, 3.63) is 70.6 Å². The second-order valence-corrected chi connectivity index (χ2v) is 5.25. The molecule has 22 heavy (non-hydrogen) atoms. The van der Waals surface area contributed by atoms with Gasteiger partial charge in [0.2, 0.25) is 0 Å². The highest BCUT2D eigenvalue weighted by atomic mass is 35.5. The molecule has 0 aliphatic rings. The zero-order valence-electron chi connectivity index (χ0n) is 11.2. The van der Waals surface area contributed by atoms with Crippen molar-refractivity contribution in [2.45, 2.75) is 0 Å². The smallest absolute Gasteiger partial charge is 0.257 e. The molecule has 1 N–H and O–H groups in total. The second kappa shape index (κ2) is 6.17. The van der Waals surface area contributed by atoms with E-state index in [0.717, 1.165) is 0 Å². The molecule has 0 unspecified atom stereocenters. The molecule has 0 saturated carbocycles. The molecule has 0 bridgehead atoms. The molecule has 110 valence electrons. The predicted octanol–water partition coefficient (Wildman–Crippen LogP) is 3.83. The van der Waals surface area contributed by atoms with Crippen LogP contribution in [0.1, 0.15) is 10.4 Å². The molecule has 1 aromatic carbocycles. The average Bonchev–Trinajstić information content (AvgIpc) is 3.04. The maximum atomic E-state index is 12.4. The Morgan fingerprint density at radius 2 is 2.00 bits per heavy atom. The maximum absolute atomic E-state index is 12.4. The van der Waals surface area contributed by atoms with Gasteiger partial charge in [-0.3, -0.25) is 4.79 Å². The molecular formula is C15H10Cl2N4O. The van der Waals surface area contributed by atoms with Crippen molar-refractivity contribution in [2.75, 3.05) is 5.32 Å². The van der Waals surface area contributed by atoms with Crippen molar-refractivity contribution in [1.29, 1.82) is 0 Å². The highest BCUT2D eigenvalue weighted by molar-refractivity contribution is 6.36. The summed E-state index contributed by atoms with van der Waals surface area (Å²) in [6, 6.07) is 9.95. The van der Waals surface area contributed by atoms with Gasteiger partial charge in [-0.2, -0.15) is 5.10 Å². The van der Waals surface area contributed by atoms with Crippen LogP contribution >= 0.6 is 23.2 Å². The van der Waals surface area contributed by atoms with E-state index in [-0.39, 0.29) is 5.91 Å². The van der Waals surface area contributed by atoms with Crippen LogP contribution in [0, 0.1) is 0 Å². The molecule has 0 aliphatic carbocycles. The summed E-state index contributed by atoms with van der Waals surface area (Å²) in [5.41, 5.74) is 0.816. The molecular weight excluding hydrogens is 323 g/mol. The van der Waals surface area contributed by atoms with Crippen LogP contribution in [0.15, 0.2) is 55.0 Å². The number of carbonyl (C=O) groups excluding carboxylic acids is 1. The fourth-order valence-electron chi connectivity index (χ4n) is 1.93. The summed E-state index contributed by atoms with van der Waals surface area (Å²) in [6.07, 6.45) is 5.00. The number of aromatic nitrogens is 3. The van der Waals surface area contributed by atoms with E-state index in [0.29, 0.717) is 27.1 Å². The molecule has 3 rings (SSSR count). The van der Waals surface area contributed by atoms with Crippen LogP contribution in [0.3, 0.4) is 0 Å². The fourth-order valence-corrected chi connectivity index (χ4v) is 2.31. The summed E-state index contributed by atoms with van der Waals surface area (Å²) >= 11 is 12.0. The molecule has 1 amide bonds. The molecule has 5 nitrogen and oxygen atoms in total. The van der Waals surface area contributed by atoms with Crippen molar-refractivity contribution in [1.82, 2.24) is 14.8 Å². The highest BCUT2D eigenvalue weighted by Gasteiger charge is 2.14. The first-order valence-corrected chi connectivity index (χ1v) is 7.12. The summed E-state index contributed by atoms with van der Waals surface area (Å²) in [7, 11) is 0. The Bertz CT molecular complexity index is 818. The Hall–Kier alpha value is -2.37. The zero-order valence-corrected chi connectivity index (χ0v) is 12.7. The Morgan fingerprint density at radius 3 is 2.77 bits per heavy atom. The Morgan fingerprint density at radius 1 is 1.14 bits per heavy atom. The van der Waals surface area contributed by atoms with Crippen molar-refractivity contribution in [3.8, 4) is 5.82 Å². The number of carbonyl (C=O) groups is 1. The van der Waals surface area contributed by atoms with Gasteiger partial charge in [0.15, 0.2) is 5.82 Å². The van der Waals surface area contributed by atoms with Gasteiger partial charge in [0, 0.05) is 23.6 Å². The molecule has 2 heterocycles. The number of hydrogen-bond donors (Lipinski definition) is 1. The third-order valence-electron chi connectivity index (χ3n) is 2.93. The zero-order chi connectivity index (χ0) is 15.5. The number of rotatable bonds is 3. The number of nitrogens with zero attached hydrogens (tertiary/aromatic N) is 3. The fraction of sp³-hybridized carbons (Fsp3) is 0. The number of pyridine rings is 1. The van der Waals surface area contributed by atoms with Crippen molar-refractivity contribution < 1.29 is 4.79 Å². The van der Waals surface area contributed by atoms with Crippen LogP contribution in [0.2, 0.25) is 10.0 Å². The molecule has 0 aliphatic heterocycles. The van der Waals surface area contributed by atoms with E-state index in [4.69, 9.17) is 23.2 Å². The summed E-state index contributed by atoms with van der Waals surface area (Å²) < 4.78 is 1.56. The standard InChI is InChI=1S/C15H10Cl2N4O/c16-10-4-5-12(17)11(9-10)15(22)20-13-3-1-6-18-14(13)21-8-2-7-19-21/h1-9H,(H,20,22).